The molecular formula is C11H11N3O. The number of hydrogen-bond acceptors (Lipinski definition) is 3. The average molecular weight is 201 g/mol. The van der Waals surface area contributed by atoms with Crippen LogP contribution >= 0.6 is 0 Å². The van der Waals surface area contributed by atoms with Gasteiger partial charge in [0, 0.05) is 18.1 Å². The number of aromatic nitrogens is 3. The Bertz CT molecular complexity index is 436. The molecule has 4 nitrogen and oxygen atoms in total. The van der Waals surface area contributed by atoms with E-state index in [1.807, 2.05) is 18.3 Å². The van der Waals surface area contributed by atoms with Crippen LogP contribution in [0.25, 0.3) is 0 Å². The normalized spacial score (nSPS) is 10.1. The minimum Gasteiger partial charge on any atom is -0.348 e. The fourth-order valence-electron chi connectivity index (χ4n) is 1.45. The van der Waals surface area contributed by atoms with Gasteiger partial charge in [0.2, 0.25) is 0 Å². The zero-order valence-corrected chi connectivity index (χ0v) is 8.18. The molecule has 2 aromatic heterocycles. The SMILES string of the molecule is O=Cc1nc[nH]c1CCc1cccnc1. The van der Waals surface area contributed by atoms with Gasteiger partial charge in [0.25, 0.3) is 0 Å². The second-order valence-corrected chi connectivity index (χ2v) is 3.25. The van der Waals surface area contributed by atoms with Crippen LogP contribution in [0.1, 0.15) is 21.7 Å². The monoisotopic (exact) mass is 201 g/mol. The predicted molar refractivity (Wildman–Crippen MR) is 55.6 cm³/mol. The van der Waals surface area contributed by atoms with Crippen LogP contribution in [-0.2, 0) is 12.8 Å². The molecule has 0 saturated heterocycles. The number of aldehydes is 1. The van der Waals surface area contributed by atoms with Crippen LogP contribution in [0.3, 0.4) is 0 Å². The molecule has 0 unspecified atom stereocenters. The van der Waals surface area contributed by atoms with E-state index in [9.17, 15) is 4.79 Å². The maximum atomic E-state index is 10.6. The summed E-state index contributed by atoms with van der Waals surface area (Å²) in [5.41, 5.74) is 2.54. The molecule has 0 aliphatic heterocycles. The summed E-state index contributed by atoms with van der Waals surface area (Å²) < 4.78 is 0. The summed E-state index contributed by atoms with van der Waals surface area (Å²) in [6.07, 6.45) is 7.53. The molecule has 1 N–H and O–H groups in total. The van der Waals surface area contributed by atoms with E-state index in [2.05, 4.69) is 15.0 Å². The van der Waals surface area contributed by atoms with Crippen molar-refractivity contribution in [3.8, 4) is 0 Å². The molecule has 0 saturated carbocycles. The minimum atomic E-state index is 0.499. The van der Waals surface area contributed by atoms with E-state index in [4.69, 9.17) is 0 Å². The Morgan fingerprint density at radius 2 is 2.33 bits per heavy atom. The van der Waals surface area contributed by atoms with Crippen LogP contribution in [0.5, 0.6) is 0 Å². The van der Waals surface area contributed by atoms with Crippen molar-refractivity contribution < 1.29 is 4.79 Å². The minimum absolute atomic E-state index is 0.499. The van der Waals surface area contributed by atoms with E-state index in [-0.39, 0.29) is 0 Å². The number of nitrogens with one attached hydrogen (secondary N) is 1. The molecule has 76 valence electrons. The third-order valence-electron chi connectivity index (χ3n) is 2.25. The number of aromatic amines is 1. The van der Waals surface area contributed by atoms with E-state index in [1.165, 1.54) is 0 Å². The van der Waals surface area contributed by atoms with Crippen molar-refractivity contribution in [3.63, 3.8) is 0 Å². The fraction of sp³-hybridized carbons (Fsp3) is 0.182. The van der Waals surface area contributed by atoms with Crippen LogP contribution in [0.2, 0.25) is 0 Å². The molecule has 0 radical (unpaired) electrons. The number of imidazole rings is 1. The highest BCUT2D eigenvalue weighted by atomic mass is 16.1. The molecule has 2 aromatic rings. The Balaban J connectivity index is 2.02. The number of H-pyrrole nitrogens is 1. The third kappa shape index (κ3) is 2.28. The predicted octanol–water partition coefficient (Wildman–Crippen LogP) is 1.40. The Kier molecular flexibility index (Phi) is 2.88. The van der Waals surface area contributed by atoms with Crippen molar-refractivity contribution in [2.45, 2.75) is 12.8 Å². The van der Waals surface area contributed by atoms with Gasteiger partial charge in [0.1, 0.15) is 5.69 Å². The molecule has 2 rings (SSSR count). The summed E-state index contributed by atoms with van der Waals surface area (Å²) in [5, 5.41) is 0. The Labute approximate surface area is 87.4 Å². The van der Waals surface area contributed by atoms with Crippen molar-refractivity contribution in [3.05, 3.63) is 47.8 Å². The number of pyridine rings is 1. The van der Waals surface area contributed by atoms with Crippen LogP contribution in [0, 0.1) is 0 Å². The Morgan fingerprint density at radius 1 is 1.40 bits per heavy atom. The van der Waals surface area contributed by atoms with E-state index in [1.54, 1.807) is 12.5 Å². The van der Waals surface area contributed by atoms with Gasteiger partial charge in [-0.15, -0.1) is 0 Å². The van der Waals surface area contributed by atoms with Gasteiger partial charge >= 0.3 is 0 Å². The lowest BCUT2D eigenvalue weighted by Gasteiger charge is -1.99. The number of aryl methyl sites for hydroxylation is 2. The van der Waals surface area contributed by atoms with E-state index in [0.717, 1.165) is 30.4 Å². The summed E-state index contributed by atoms with van der Waals surface area (Å²) in [6.45, 7) is 0. The lowest BCUT2D eigenvalue weighted by Crippen LogP contribution is -1.96. The van der Waals surface area contributed by atoms with Crippen molar-refractivity contribution in [2.75, 3.05) is 0 Å². The highest BCUT2D eigenvalue weighted by molar-refractivity contribution is 5.73. The first kappa shape index (κ1) is 9.58. The maximum Gasteiger partial charge on any atom is 0.170 e. The van der Waals surface area contributed by atoms with Crippen molar-refractivity contribution in [2.24, 2.45) is 0 Å². The summed E-state index contributed by atoms with van der Waals surface area (Å²) >= 11 is 0. The quantitative estimate of drug-likeness (QED) is 0.761. The number of hydrogen-bond donors (Lipinski definition) is 1. The molecule has 0 spiro atoms. The number of carbonyl (C=O) groups excluding carboxylic acids is 1. The van der Waals surface area contributed by atoms with Gasteiger partial charge in [0.05, 0.1) is 6.33 Å². The Hall–Kier alpha value is -1.97. The van der Waals surface area contributed by atoms with Crippen LogP contribution in [0.15, 0.2) is 30.9 Å². The van der Waals surface area contributed by atoms with Gasteiger partial charge < -0.3 is 4.98 Å². The highest BCUT2D eigenvalue weighted by Crippen LogP contribution is 2.06. The number of carbonyl (C=O) groups is 1. The number of rotatable bonds is 4. The van der Waals surface area contributed by atoms with Gasteiger partial charge in [-0.2, -0.15) is 0 Å². The molecule has 0 aliphatic rings. The lowest BCUT2D eigenvalue weighted by atomic mass is 10.1. The van der Waals surface area contributed by atoms with E-state index >= 15 is 0 Å². The number of nitrogens with zero attached hydrogens (tertiary/aromatic N) is 2. The summed E-state index contributed by atoms with van der Waals surface area (Å²) in [5.74, 6) is 0. The summed E-state index contributed by atoms with van der Waals surface area (Å²) in [6, 6.07) is 3.92. The van der Waals surface area contributed by atoms with Gasteiger partial charge in [-0.05, 0) is 24.5 Å². The fourth-order valence-corrected chi connectivity index (χ4v) is 1.45. The largest absolute Gasteiger partial charge is 0.348 e. The second kappa shape index (κ2) is 4.50. The zero-order valence-electron chi connectivity index (χ0n) is 8.18. The Morgan fingerprint density at radius 3 is 3.07 bits per heavy atom. The molecule has 0 bridgehead atoms. The van der Waals surface area contributed by atoms with Gasteiger partial charge in [-0.3, -0.25) is 9.78 Å². The summed E-state index contributed by atoms with van der Waals surface area (Å²) in [7, 11) is 0. The van der Waals surface area contributed by atoms with Crippen LogP contribution in [-0.4, -0.2) is 21.2 Å². The molecule has 2 heterocycles. The molecule has 0 aromatic carbocycles. The molecule has 0 fully saturated rings. The molecule has 0 atom stereocenters. The van der Waals surface area contributed by atoms with Crippen molar-refractivity contribution in [1.82, 2.24) is 15.0 Å². The van der Waals surface area contributed by atoms with Crippen LogP contribution < -0.4 is 0 Å². The zero-order chi connectivity index (χ0) is 10.5. The first-order valence-electron chi connectivity index (χ1n) is 4.76. The van der Waals surface area contributed by atoms with Gasteiger partial charge in [-0.1, -0.05) is 6.07 Å². The van der Waals surface area contributed by atoms with Gasteiger partial charge in [0.15, 0.2) is 6.29 Å². The van der Waals surface area contributed by atoms with E-state index < -0.39 is 0 Å². The maximum absolute atomic E-state index is 10.6. The van der Waals surface area contributed by atoms with Crippen molar-refractivity contribution >= 4 is 6.29 Å². The summed E-state index contributed by atoms with van der Waals surface area (Å²) in [4.78, 5) is 21.5. The first-order chi connectivity index (χ1) is 7.40. The standard InChI is InChI=1S/C11H11N3O/c15-7-11-10(13-8-14-11)4-3-9-2-1-5-12-6-9/h1-2,5-8H,3-4H2,(H,13,14). The van der Waals surface area contributed by atoms with Crippen LogP contribution in [0.4, 0.5) is 0 Å². The smallest absolute Gasteiger partial charge is 0.170 e. The highest BCUT2D eigenvalue weighted by Gasteiger charge is 2.04. The van der Waals surface area contributed by atoms with Crippen molar-refractivity contribution in [1.29, 1.82) is 0 Å². The third-order valence-corrected chi connectivity index (χ3v) is 2.25. The lowest BCUT2D eigenvalue weighted by molar-refractivity contribution is 0.111. The molecule has 0 aliphatic carbocycles. The average Bonchev–Trinajstić information content (AvgIpc) is 2.75. The molecular weight excluding hydrogens is 190 g/mol. The first-order valence-corrected chi connectivity index (χ1v) is 4.76. The van der Waals surface area contributed by atoms with Gasteiger partial charge in [-0.25, -0.2) is 4.98 Å². The van der Waals surface area contributed by atoms with E-state index in [0.29, 0.717) is 5.69 Å². The topological polar surface area (TPSA) is 58.6 Å². The molecule has 15 heavy (non-hydrogen) atoms. The second-order valence-electron chi connectivity index (χ2n) is 3.25. The molecule has 4 heteroatoms. The molecule has 0 amide bonds.